The van der Waals surface area contributed by atoms with Crippen molar-refractivity contribution < 1.29 is 14.6 Å². The Morgan fingerprint density at radius 2 is 2.19 bits per heavy atom. The summed E-state index contributed by atoms with van der Waals surface area (Å²) < 4.78 is 5.91. The van der Waals surface area contributed by atoms with Crippen LogP contribution < -0.4 is 10.9 Å². The molecule has 1 saturated carbocycles. The van der Waals surface area contributed by atoms with Crippen molar-refractivity contribution in [1.29, 1.82) is 0 Å². The monoisotopic (exact) mass is 359 g/mol. The molecule has 0 aliphatic heterocycles. The minimum absolute atomic E-state index is 0.211. The van der Waals surface area contributed by atoms with Gasteiger partial charge in [-0.2, -0.15) is 5.10 Å². The van der Waals surface area contributed by atoms with Crippen molar-refractivity contribution >= 4 is 27.6 Å². The van der Waals surface area contributed by atoms with E-state index in [2.05, 4.69) is 31.1 Å². The minimum Gasteiger partial charge on any atom is -0.468 e. The number of carbonyl (C=O) groups is 1. The lowest BCUT2D eigenvalue weighted by molar-refractivity contribution is -0.141. The third-order valence-electron chi connectivity index (χ3n) is 3.55. The average Bonchev–Trinajstić information content (AvgIpc) is 2.49. The number of anilines is 1. The summed E-state index contributed by atoms with van der Waals surface area (Å²) in [5, 5.41) is 16.7. The molecule has 8 heteroatoms. The molecule has 0 spiro atoms. The number of hydrogen-bond donors (Lipinski definition) is 2. The van der Waals surface area contributed by atoms with Crippen LogP contribution >= 0.6 is 15.9 Å². The lowest BCUT2D eigenvalue weighted by atomic mass is 9.93. The Morgan fingerprint density at radius 1 is 1.52 bits per heavy atom. The maximum atomic E-state index is 12.1. The lowest BCUT2D eigenvalue weighted by Crippen LogP contribution is -2.31. The molecule has 0 unspecified atom stereocenters. The molecule has 1 aromatic rings. The van der Waals surface area contributed by atoms with Gasteiger partial charge in [0, 0.05) is 6.04 Å². The number of methoxy groups -OCH3 is 1. The van der Waals surface area contributed by atoms with Crippen LogP contribution in [-0.2, 0) is 16.1 Å². The highest BCUT2D eigenvalue weighted by atomic mass is 79.9. The predicted octanol–water partition coefficient (Wildman–Crippen LogP) is 0.894. The summed E-state index contributed by atoms with van der Waals surface area (Å²) in [5.41, 5.74) is 0.212. The van der Waals surface area contributed by atoms with Gasteiger partial charge in [0.25, 0.3) is 5.56 Å². The second-order valence-electron chi connectivity index (χ2n) is 5.06. The molecule has 116 valence electrons. The summed E-state index contributed by atoms with van der Waals surface area (Å²) in [7, 11) is 1.26. The number of aliphatic hydroxyl groups excluding tert-OH is 1. The van der Waals surface area contributed by atoms with Crippen LogP contribution in [0, 0.1) is 0 Å². The zero-order chi connectivity index (χ0) is 15.4. The van der Waals surface area contributed by atoms with Crippen molar-refractivity contribution in [3.8, 4) is 0 Å². The molecule has 0 bridgehead atoms. The van der Waals surface area contributed by atoms with Crippen LogP contribution in [0.15, 0.2) is 15.5 Å². The first-order valence-electron chi connectivity index (χ1n) is 6.78. The maximum absolute atomic E-state index is 12.1. The van der Waals surface area contributed by atoms with Crippen LogP contribution in [0.25, 0.3) is 0 Å². The fourth-order valence-corrected chi connectivity index (χ4v) is 2.73. The molecule has 0 aromatic carbocycles. The van der Waals surface area contributed by atoms with E-state index in [1.54, 1.807) is 0 Å². The number of hydrogen-bond acceptors (Lipinski definition) is 6. The molecule has 0 amide bonds. The molecule has 1 aliphatic rings. The van der Waals surface area contributed by atoms with Gasteiger partial charge in [0.2, 0.25) is 0 Å². The van der Waals surface area contributed by atoms with E-state index in [1.165, 1.54) is 13.3 Å². The van der Waals surface area contributed by atoms with Gasteiger partial charge in [0.1, 0.15) is 11.0 Å². The van der Waals surface area contributed by atoms with E-state index in [0.717, 1.165) is 30.4 Å². The molecule has 1 aromatic heterocycles. The number of aromatic nitrogens is 2. The van der Waals surface area contributed by atoms with Gasteiger partial charge in [-0.1, -0.05) is 0 Å². The zero-order valence-corrected chi connectivity index (χ0v) is 13.3. The van der Waals surface area contributed by atoms with Gasteiger partial charge in [-0.3, -0.25) is 9.59 Å². The van der Waals surface area contributed by atoms with Crippen LogP contribution in [-0.4, -0.2) is 40.1 Å². The Kier molecular flexibility index (Phi) is 5.35. The standard InChI is InChI=1S/C13H18BrN3O4/c1-21-11(19)7-17-13(20)12(14)10(6-15-17)16-8-2-4-9(18)5-3-8/h6,8-9,16,18H,2-5,7H2,1H3. The summed E-state index contributed by atoms with van der Waals surface area (Å²) in [4.78, 5) is 23.3. The third kappa shape index (κ3) is 4.04. The van der Waals surface area contributed by atoms with Gasteiger partial charge < -0.3 is 15.2 Å². The van der Waals surface area contributed by atoms with Crippen LogP contribution in [0.2, 0.25) is 0 Å². The molecule has 1 heterocycles. The smallest absolute Gasteiger partial charge is 0.327 e. The molecule has 21 heavy (non-hydrogen) atoms. The van der Waals surface area contributed by atoms with Crippen LogP contribution in [0.4, 0.5) is 5.69 Å². The third-order valence-corrected chi connectivity index (χ3v) is 4.31. The molecule has 2 rings (SSSR count). The zero-order valence-electron chi connectivity index (χ0n) is 11.7. The number of esters is 1. The summed E-state index contributed by atoms with van der Waals surface area (Å²) in [6.45, 7) is -0.218. The average molecular weight is 360 g/mol. The number of aliphatic hydroxyl groups is 1. The van der Waals surface area contributed by atoms with E-state index in [1.807, 2.05) is 0 Å². The molecule has 1 aliphatic carbocycles. The second kappa shape index (κ2) is 7.04. The van der Waals surface area contributed by atoms with Crippen LogP contribution in [0.5, 0.6) is 0 Å². The summed E-state index contributed by atoms with van der Waals surface area (Å²) in [6.07, 6.45) is 4.49. The number of nitrogens with one attached hydrogen (secondary N) is 1. The molecule has 0 saturated heterocycles. The molecule has 7 nitrogen and oxygen atoms in total. The largest absolute Gasteiger partial charge is 0.468 e. The van der Waals surface area contributed by atoms with Crippen molar-refractivity contribution in [2.24, 2.45) is 0 Å². The highest BCUT2D eigenvalue weighted by Crippen LogP contribution is 2.24. The highest BCUT2D eigenvalue weighted by molar-refractivity contribution is 9.10. The SMILES string of the molecule is COC(=O)Cn1ncc(NC2CCC(O)CC2)c(Br)c1=O. The Hall–Kier alpha value is -1.41. The van der Waals surface area contributed by atoms with Crippen molar-refractivity contribution in [2.75, 3.05) is 12.4 Å². The molecular formula is C13H18BrN3O4. The van der Waals surface area contributed by atoms with Crippen molar-refractivity contribution in [3.05, 3.63) is 21.0 Å². The normalized spacial score (nSPS) is 21.9. The van der Waals surface area contributed by atoms with Gasteiger partial charge in [0.15, 0.2) is 0 Å². The van der Waals surface area contributed by atoms with E-state index in [0.29, 0.717) is 10.2 Å². The molecular weight excluding hydrogens is 342 g/mol. The number of carbonyl (C=O) groups excluding carboxylic acids is 1. The Balaban J connectivity index is 2.09. The first kappa shape index (κ1) is 16.0. The molecule has 0 radical (unpaired) electrons. The van der Waals surface area contributed by atoms with E-state index < -0.39 is 5.97 Å². The fourth-order valence-electron chi connectivity index (χ4n) is 2.31. The Labute approximate surface area is 130 Å². The first-order valence-corrected chi connectivity index (χ1v) is 7.57. The first-order chi connectivity index (χ1) is 10.0. The van der Waals surface area contributed by atoms with Crippen LogP contribution in [0.1, 0.15) is 25.7 Å². The van der Waals surface area contributed by atoms with E-state index in [-0.39, 0.29) is 24.2 Å². The Morgan fingerprint density at radius 3 is 2.81 bits per heavy atom. The Bertz CT molecular complexity index is 567. The highest BCUT2D eigenvalue weighted by Gasteiger charge is 2.21. The van der Waals surface area contributed by atoms with Crippen LogP contribution in [0.3, 0.4) is 0 Å². The topological polar surface area (TPSA) is 93.5 Å². The fraction of sp³-hybridized carbons (Fsp3) is 0.615. The predicted molar refractivity (Wildman–Crippen MR) is 80.1 cm³/mol. The summed E-state index contributed by atoms with van der Waals surface area (Å²) in [5.74, 6) is -0.529. The van der Waals surface area contributed by atoms with Gasteiger partial charge in [-0.05, 0) is 41.6 Å². The molecule has 1 fully saturated rings. The number of ether oxygens (including phenoxy) is 1. The van der Waals surface area contributed by atoms with Gasteiger partial charge in [0.05, 0.1) is 25.1 Å². The van der Waals surface area contributed by atoms with E-state index in [4.69, 9.17) is 0 Å². The summed E-state index contributed by atoms with van der Waals surface area (Å²) >= 11 is 3.24. The lowest BCUT2D eigenvalue weighted by Gasteiger charge is -2.27. The van der Waals surface area contributed by atoms with Crippen molar-refractivity contribution in [2.45, 2.75) is 44.4 Å². The number of halogens is 1. The maximum Gasteiger partial charge on any atom is 0.327 e. The quantitative estimate of drug-likeness (QED) is 0.775. The van der Waals surface area contributed by atoms with Gasteiger partial charge in [-0.25, -0.2) is 4.68 Å². The molecule has 0 atom stereocenters. The summed E-state index contributed by atoms with van der Waals surface area (Å²) in [6, 6.07) is 0.211. The van der Waals surface area contributed by atoms with Gasteiger partial charge >= 0.3 is 5.97 Å². The van der Waals surface area contributed by atoms with E-state index >= 15 is 0 Å². The van der Waals surface area contributed by atoms with E-state index in [9.17, 15) is 14.7 Å². The second-order valence-corrected chi connectivity index (χ2v) is 5.85. The van der Waals surface area contributed by atoms with Gasteiger partial charge in [-0.15, -0.1) is 0 Å². The van der Waals surface area contributed by atoms with Crippen molar-refractivity contribution in [1.82, 2.24) is 9.78 Å². The molecule has 2 N–H and O–H groups in total. The van der Waals surface area contributed by atoms with Crippen molar-refractivity contribution in [3.63, 3.8) is 0 Å². The minimum atomic E-state index is -0.529. The number of nitrogens with zero attached hydrogens (tertiary/aromatic N) is 2. The number of rotatable bonds is 4.